The normalized spacial score (nSPS) is 20.1. The lowest BCUT2D eigenvalue weighted by atomic mass is 9.94. The lowest BCUT2D eigenvalue weighted by Crippen LogP contribution is -2.47. The van der Waals surface area contributed by atoms with Gasteiger partial charge >= 0.3 is 5.97 Å². The highest BCUT2D eigenvalue weighted by Gasteiger charge is 2.33. The maximum absolute atomic E-state index is 11.9. The number of rotatable bonds is 6. The average molecular weight is 365 g/mol. The first kappa shape index (κ1) is 19.3. The topological polar surface area (TPSA) is 49.8 Å². The third-order valence-corrected chi connectivity index (χ3v) is 5.13. The summed E-state index contributed by atoms with van der Waals surface area (Å²) in [5.41, 5.74) is 3.62. The van der Waals surface area contributed by atoms with Gasteiger partial charge in [0.15, 0.2) is 0 Å². The second-order valence-corrected chi connectivity index (χ2v) is 6.92. The molecule has 0 bridgehead atoms. The molecule has 1 N–H and O–H groups in total. The van der Waals surface area contributed by atoms with Crippen LogP contribution in [0.5, 0.6) is 0 Å². The Bertz CT molecular complexity index is 716. The number of aliphatic hydroxyl groups excluding tert-OH is 1. The van der Waals surface area contributed by atoms with Gasteiger partial charge in [0.2, 0.25) is 0 Å². The molecule has 4 heteroatoms. The smallest absolute Gasteiger partial charge is 0.312 e. The number of benzene rings is 2. The molecule has 2 atom stereocenters. The predicted octanol–water partition coefficient (Wildman–Crippen LogP) is 3.36. The van der Waals surface area contributed by atoms with E-state index in [9.17, 15) is 9.90 Å². The summed E-state index contributed by atoms with van der Waals surface area (Å²) in [4.78, 5) is 14.1. The average Bonchev–Trinajstić information content (AvgIpc) is 2.73. The quantitative estimate of drug-likeness (QED) is 0.798. The number of esters is 1. The number of methoxy groups -OCH3 is 1. The predicted molar refractivity (Wildman–Crippen MR) is 107 cm³/mol. The second kappa shape index (κ2) is 9.49. The molecule has 4 nitrogen and oxygen atoms in total. The van der Waals surface area contributed by atoms with Crippen molar-refractivity contribution in [1.82, 2.24) is 4.90 Å². The highest BCUT2D eigenvalue weighted by molar-refractivity contribution is 5.79. The maximum atomic E-state index is 11.9. The molecule has 0 radical (unpaired) electrons. The van der Waals surface area contributed by atoms with Crippen LogP contribution in [-0.2, 0) is 9.53 Å². The monoisotopic (exact) mass is 365 g/mol. The van der Waals surface area contributed by atoms with E-state index in [-0.39, 0.29) is 5.97 Å². The molecule has 3 rings (SSSR count). The number of hydrogen-bond acceptors (Lipinski definition) is 4. The van der Waals surface area contributed by atoms with E-state index < -0.39 is 12.0 Å². The Morgan fingerprint density at radius 2 is 1.70 bits per heavy atom. The molecule has 2 aromatic carbocycles. The summed E-state index contributed by atoms with van der Waals surface area (Å²) in [6.45, 7) is 2.20. The molecule has 2 aromatic rings. The van der Waals surface area contributed by atoms with Gasteiger partial charge < -0.3 is 14.7 Å². The van der Waals surface area contributed by atoms with Crippen LogP contribution in [0.25, 0.3) is 5.57 Å². The van der Waals surface area contributed by atoms with Crippen molar-refractivity contribution >= 4 is 11.5 Å². The van der Waals surface area contributed by atoms with Crippen molar-refractivity contribution in [2.45, 2.75) is 18.9 Å². The van der Waals surface area contributed by atoms with Crippen LogP contribution in [0.4, 0.5) is 0 Å². The van der Waals surface area contributed by atoms with Crippen molar-refractivity contribution in [1.29, 1.82) is 0 Å². The standard InChI is InChI=1S/C23H27NO3/c1-27-23(26)21-17-24(16-14-22(21)25)15-8-13-20(18-9-4-2-5-10-18)19-11-6-3-7-12-19/h2-7,9-13,21-22,25H,8,14-17H2,1H3. The first-order valence-electron chi connectivity index (χ1n) is 9.48. The highest BCUT2D eigenvalue weighted by atomic mass is 16.5. The van der Waals surface area contributed by atoms with Crippen LogP contribution in [0, 0.1) is 5.92 Å². The number of nitrogens with zero attached hydrogens (tertiary/aromatic N) is 1. The summed E-state index contributed by atoms with van der Waals surface area (Å²) in [7, 11) is 1.38. The number of aliphatic hydroxyl groups is 1. The first-order chi connectivity index (χ1) is 13.2. The molecule has 2 unspecified atom stereocenters. The number of piperidine rings is 1. The minimum absolute atomic E-state index is 0.322. The summed E-state index contributed by atoms with van der Waals surface area (Å²) >= 11 is 0. The van der Waals surface area contributed by atoms with Gasteiger partial charge in [-0.15, -0.1) is 0 Å². The van der Waals surface area contributed by atoms with Gasteiger partial charge in [-0.1, -0.05) is 66.7 Å². The molecule has 1 aliphatic heterocycles. The van der Waals surface area contributed by atoms with E-state index in [1.165, 1.54) is 23.8 Å². The van der Waals surface area contributed by atoms with Crippen molar-refractivity contribution < 1.29 is 14.6 Å². The zero-order chi connectivity index (χ0) is 19.1. The van der Waals surface area contributed by atoms with Gasteiger partial charge in [0.25, 0.3) is 0 Å². The summed E-state index contributed by atoms with van der Waals surface area (Å²) in [5, 5.41) is 10.1. The largest absolute Gasteiger partial charge is 0.469 e. The van der Waals surface area contributed by atoms with E-state index >= 15 is 0 Å². The van der Waals surface area contributed by atoms with Gasteiger partial charge in [-0.2, -0.15) is 0 Å². The van der Waals surface area contributed by atoms with Gasteiger partial charge in [-0.25, -0.2) is 0 Å². The van der Waals surface area contributed by atoms with E-state index in [1.807, 2.05) is 12.1 Å². The SMILES string of the molecule is COC(=O)C1CN(CCC=C(c2ccccc2)c2ccccc2)CCC1O. The maximum Gasteiger partial charge on any atom is 0.312 e. The van der Waals surface area contributed by atoms with Crippen molar-refractivity contribution in [3.8, 4) is 0 Å². The van der Waals surface area contributed by atoms with Crippen LogP contribution in [-0.4, -0.2) is 48.8 Å². The number of carbonyl (C=O) groups excluding carboxylic acids is 1. The third-order valence-electron chi connectivity index (χ3n) is 5.13. The molecule has 0 spiro atoms. The zero-order valence-electron chi connectivity index (χ0n) is 15.8. The molecule has 1 heterocycles. The number of likely N-dealkylation sites (tertiary alicyclic amines) is 1. The number of hydrogen-bond donors (Lipinski definition) is 1. The molecule has 1 aliphatic rings. The Morgan fingerprint density at radius 1 is 1.11 bits per heavy atom. The summed E-state index contributed by atoms with van der Waals surface area (Å²) < 4.78 is 4.83. The van der Waals surface area contributed by atoms with Crippen molar-refractivity contribution in [2.24, 2.45) is 5.92 Å². The zero-order valence-corrected chi connectivity index (χ0v) is 15.8. The van der Waals surface area contributed by atoms with Crippen LogP contribution >= 0.6 is 0 Å². The molecule has 0 saturated carbocycles. The second-order valence-electron chi connectivity index (χ2n) is 6.92. The number of carbonyl (C=O) groups is 1. The Labute approximate surface area is 161 Å². The molecule has 0 aromatic heterocycles. The fourth-order valence-corrected chi connectivity index (χ4v) is 3.62. The Hall–Kier alpha value is -2.43. The van der Waals surface area contributed by atoms with Crippen molar-refractivity contribution in [3.63, 3.8) is 0 Å². The number of ether oxygens (including phenoxy) is 1. The van der Waals surface area contributed by atoms with Gasteiger partial charge in [-0.05, 0) is 29.5 Å². The van der Waals surface area contributed by atoms with Gasteiger partial charge in [0.1, 0.15) is 0 Å². The fraction of sp³-hybridized carbons (Fsp3) is 0.348. The molecular formula is C23H27NO3. The van der Waals surface area contributed by atoms with Gasteiger partial charge in [0, 0.05) is 19.6 Å². The lowest BCUT2D eigenvalue weighted by molar-refractivity contribution is -0.152. The van der Waals surface area contributed by atoms with E-state index in [4.69, 9.17) is 4.74 Å². The molecule has 0 amide bonds. The molecule has 1 fully saturated rings. The first-order valence-corrected chi connectivity index (χ1v) is 9.48. The molecular weight excluding hydrogens is 338 g/mol. The lowest BCUT2D eigenvalue weighted by Gasteiger charge is -2.34. The van der Waals surface area contributed by atoms with E-state index in [1.54, 1.807) is 0 Å². The van der Waals surface area contributed by atoms with Crippen LogP contribution in [0.1, 0.15) is 24.0 Å². The highest BCUT2D eigenvalue weighted by Crippen LogP contribution is 2.24. The molecule has 142 valence electrons. The molecule has 27 heavy (non-hydrogen) atoms. The Morgan fingerprint density at radius 3 is 2.26 bits per heavy atom. The Balaban J connectivity index is 1.69. The van der Waals surface area contributed by atoms with Gasteiger partial charge in [0.05, 0.1) is 19.1 Å². The van der Waals surface area contributed by atoms with E-state index in [0.29, 0.717) is 13.0 Å². The van der Waals surface area contributed by atoms with Crippen molar-refractivity contribution in [2.75, 3.05) is 26.7 Å². The summed E-state index contributed by atoms with van der Waals surface area (Å²) in [5.74, 6) is -0.771. The summed E-state index contributed by atoms with van der Waals surface area (Å²) in [6, 6.07) is 20.8. The fourth-order valence-electron chi connectivity index (χ4n) is 3.62. The molecule has 1 saturated heterocycles. The van der Waals surface area contributed by atoms with Crippen molar-refractivity contribution in [3.05, 3.63) is 77.9 Å². The Kier molecular flexibility index (Phi) is 6.80. The van der Waals surface area contributed by atoms with Crippen LogP contribution in [0.2, 0.25) is 0 Å². The van der Waals surface area contributed by atoms with Crippen LogP contribution in [0.15, 0.2) is 66.7 Å². The third kappa shape index (κ3) is 5.06. The van der Waals surface area contributed by atoms with E-state index in [2.05, 4.69) is 59.5 Å². The van der Waals surface area contributed by atoms with Gasteiger partial charge in [-0.3, -0.25) is 4.79 Å². The minimum Gasteiger partial charge on any atom is -0.469 e. The molecule has 0 aliphatic carbocycles. The van der Waals surface area contributed by atoms with Crippen LogP contribution < -0.4 is 0 Å². The summed E-state index contributed by atoms with van der Waals surface area (Å²) in [6.07, 6.45) is 3.15. The minimum atomic E-state index is -0.603. The van der Waals surface area contributed by atoms with E-state index in [0.717, 1.165) is 19.5 Å². The van der Waals surface area contributed by atoms with Crippen LogP contribution in [0.3, 0.4) is 0 Å².